The summed E-state index contributed by atoms with van der Waals surface area (Å²) in [6.07, 6.45) is 1.95. The standard InChI is InChI=1S/C16H23N3O/c1-3-13-7-4-5-8-14(13)16-19-15(12(2)20-16)11-18-10-6-9-17/h4-5,7-8,18H,3,6,9-11,17H2,1-2H3. The second kappa shape index (κ2) is 7.22. The van der Waals surface area contributed by atoms with E-state index in [0.29, 0.717) is 6.54 Å². The van der Waals surface area contributed by atoms with Gasteiger partial charge in [0.05, 0.1) is 5.69 Å². The van der Waals surface area contributed by atoms with Gasteiger partial charge in [-0.15, -0.1) is 0 Å². The lowest BCUT2D eigenvalue weighted by molar-refractivity contribution is 0.535. The van der Waals surface area contributed by atoms with E-state index in [1.165, 1.54) is 5.56 Å². The minimum Gasteiger partial charge on any atom is -0.441 e. The highest BCUT2D eigenvalue weighted by Crippen LogP contribution is 2.25. The maximum absolute atomic E-state index is 5.82. The van der Waals surface area contributed by atoms with Crippen molar-refractivity contribution in [3.05, 3.63) is 41.3 Å². The lowest BCUT2D eigenvalue weighted by Crippen LogP contribution is -2.18. The number of nitrogens with zero attached hydrogens (tertiary/aromatic N) is 1. The highest BCUT2D eigenvalue weighted by atomic mass is 16.4. The van der Waals surface area contributed by atoms with Crippen LogP contribution in [0, 0.1) is 6.92 Å². The van der Waals surface area contributed by atoms with Crippen LogP contribution in [0.5, 0.6) is 0 Å². The summed E-state index contributed by atoms with van der Waals surface area (Å²) in [6, 6.07) is 8.25. The first-order valence-electron chi connectivity index (χ1n) is 7.21. The first-order chi connectivity index (χ1) is 9.76. The third kappa shape index (κ3) is 3.46. The number of aromatic nitrogens is 1. The largest absolute Gasteiger partial charge is 0.441 e. The number of benzene rings is 1. The number of nitrogens with one attached hydrogen (secondary N) is 1. The Bertz CT molecular complexity index is 548. The summed E-state index contributed by atoms with van der Waals surface area (Å²) >= 11 is 0. The van der Waals surface area contributed by atoms with Crippen LogP contribution < -0.4 is 11.1 Å². The van der Waals surface area contributed by atoms with Crippen molar-refractivity contribution in [3.8, 4) is 11.5 Å². The van der Waals surface area contributed by atoms with Crippen LogP contribution in [-0.4, -0.2) is 18.1 Å². The third-order valence-corrected chi connectivity index (χ3v) is 3.37. The highest BCUT2D eigenvalue weighted by Gasteiger charge is 2.13. The molecule has 3 N–H and O–H groups in total. The molecule has 0 bridgehead atoms. The molecule has 2 rings (SSSR count). The van der Waals surface area contributed by atoms with Gasteiger partial charge in [-0.1, -0.05) is 25.1 Å². The molecule has 0 saturated heterocycles. The average molecular weight is 273 g/mol. The lowest BCUT2D eigenvalue weighted by atomic mass is 10.1. The first kappa shape index (κ1) is 14.8. The summed E-state index contributed by atoms with van der Waals surface area (Å²) in [4.78, 5) is 4.63. The van der Waals surface area contributed by atoms with Crippen molar-refractivity contribution in [2.75, 3.05) is 13.1 Å². The Labute approximate surface area is 120 Å². The van der Waals surface area contributed by atoms with Gasteiger partial charge in [-0.2, -0.15) is 0 Å². The van der Waals surface area contributed by atoms with Crippen LogP contribution >= 0.6 is 0 Å². The molecule has 0 spiro atoms. The number of hydrogen-bond acceptors (Lipinski definition) is 4. The molecule has 2 aromatic rings. The maximum Gasteiger partial charge on any atom is 0.226 e. The Morgan fingerprint density at radius 3 is 2.85 bits per heavy atom. The molecule has 108 valence electrons. The summed E-state index contributed by atoms with van der Waals surface area (Å²) in [5.41, 5.74) is 8.80. The Balaban J connectivity index is 2.14. The minimum absolute atomic E-state index is 0.708. The molecule has 20 heavy (non-hydrogen) atoms. The second-order valence-electron chi connectivity index (χ2n) is 4.85. The van der Waals surface area contributed by atoms with E-state index in [1.54, 1.807) is 0 Å². The van der Waals surface area contributed by atoms with Crippen LogP contribution in [0.25, 0.3) is 11.5 Å². The summed E-state index contributed by atoms with van der Waals surface area (Å²) in [5, 5.41) is 3.33. The molecule has 0 radical (unpaired) electrons. The molecule has 1 aromatic heterocycles. The van der Waals surface area contributed by atoms with Gasteiger partial charge in [-0.25, -0.2) is 4.98 Å². The van der Waals surface area contributed by atoms with E-state index in [-0.39, 0.29) is 0 Å². The monoisotopic (exact) mass is 273 g/mol. The topological polar surface area (TPSA) is 64.1 Å². The van der Waals surface area contributed by atoms with E-state index < -0.39 is 0 Å². The molecular weight excluding hydrogens is 250 g/mol. The SMILES string of the molecule is CCc1ccccc1-c1nc(CNCCCN)c(C)o1. The van der Waals surface area contributed by atoms with Gasteiger partial charge in [-0.3, -0.25) is 0 Å². The Morgan fingerprint density at radius 1 is 1.30 bits per heavy atom. The molecule has 0 saturated carbocycles. The van der Waals surface area contributed by atoms with E-state index in [1.807, 2.05) is 19.1 Å². The van der Waals surface area contributed by atoms with Crippen LogP contribution in [0.2, 0.25) is 0 Å². The summed E-state index contributed by atoms with van der Waals surface area (Å²) in [7, 11) is 0. The predicted molar refractivity (Wildman–Crippen MR) is 81.4 cm³/mol. The van der Waals surface area contributed by atoms with E-state index in [4.69, 9.17) is 10.2 Å². The second-order valence-corrected chi connectivity index (χ2v) is 4.85. The predicted octanol–water partition coefficient (Wildman–Crippen LogP) is 2.65. The van der Waals surface area contributed by atoms with Gasteiger partial charge < -0.3 is 15.5 Å². The van der Waals surface area contributed by atoms with Gasteiger partial charge in [-0.05, 0) is 44.5 Å². The molecule has 4 heteroatoms. The van der Waals surface area contributed by atoms with E-state index in [2.05, 4.69) is 29.4 Å². The van der Waals surface area contributed by atoms with E-state index in [9.17, 15) is 0 Å². The Hall–Kier alpha value is -1.65. The zero-order valence-electron chi connectivity index (χ0n) is 12.3. The average Bonchev–Trinajstić information content (AvgIpc) is 2.85. The zero-order valence-corrected chi connectivity index (χ0v) is 12.3. The number of aryl methyl sites for hydroxylation is 2. The quantitative estimate of drug-likeness (QED) is 0.761. The van der Waals surface area contributed by atoms with Gasteiger partial charge >= 0.3 is 0 Å². The van der Waals surface area contributed by atoms with Crippen molar-refractivity contribution in [1.29, 1.82) is 0 Å². The smallest absolute Gasteiger partial charge is 0.226 e. The number of rotatable bonds is 7. The lowest BCUT2D eigenvalue weighted by Gasteiger charge is -2.02. The Kier molecular flexibility index (Phi) is 5.32. The van der Waals surface area contributed by atoms with Crippen molar-refractivity contribution in [3.63, 3.8) is 0 Å². The molecule has 0 amide bonds. The summed E-state index contributed by atoms with van der Waals surface area (Å²) < 4.78 is 5.82. The fourth-order valence-corrected chi connectivity index (χ4v) is 2.18. The van der Waals surface area contributed by atoms with Crippen LogP contribution in [0.15, 0.2) is 28.7 Å². The molecule has 4 nitrogen and oxygen atoms in total. The number of oxazole rings is 1. The van der Waals surface area contributed by atoms with Crippen molar-refractivity contribution < 1.29 is 4.42 Å². The van der Waals surface area contributed by atoms with Gasteiger partial charge in [0, 0.05) is 12.1 Å². The molecule has 0 atom stereocenters. The van der Waals surface area contributed by atoms with Crippen LogP contribution in [0.3, 0.4) is 0 Å². The van der Waals surface area contributed by atoms with Crippen LogP contribution in [0.1, 0.15) is 30.4 Å². The minimum atomic E-state index is 0.708. The fourth-order valence-electron chi connectivity index (χ4n) is 2.18. The van der Waals surface area contributed by atoms with Crippen LogP contribution in [0.4, 0.5) is 0 Å². The molecule has 1 heterocycles. The first-order valence-corrected chi connectivity index (χ1v) is 7.21. The molecule has 0 aliphatic carbocycles. The normalized spacial score (nSPS) is 10.9. The van der Waals surface area contributed by atoms with E-state index in [0.717, 1.165) is 48.8 Å². The number of nitrogens with two attached hydrogens (primary N) is 1. The van der Waals surface area contributed by atoms with E-state index >= 15 is 0 Å². The molecule has 0 aliphatic heterocycles. The van der Waals surface area contributed by atoms with Gasteiger partial charge in [0.15, 0.2) is 0 Å². The van der Waals surface area contributed by atoms with Gasteiger partial charge in [0.2, 0.25) is 5.89 Å². The fraction of sp³-hybridized carbons (Fsp3) is 0.438. The molecule has 0 fully saturated rings. The van der Waals surface area contributed by atoms with Crippen molar-refractivity contribution >= 4 is 0 Å². The number of hydrogen-bond donors (Lipinski definition) is 2. The van der Waals surface area contributed by atoms with Crippen LogP contribution in [-0.2, 0) is 13.0 Å². The zero-order chi connectivity index (χ0) is 14.4. The molecular formula is C16H23N3O. The third-order valence-electron chi connectivity index (χ3n) is 3.37. The van der Waals surface area contributed by atoms with Crippen molar-refractivity contribution in [2.24, 2.45) is 5.73 Å². The van der Waals surface area contributed by atoms with Crippen molar-refractivity contribution in [2.45, 2.75) is 33.2 Å². The van der Waals surface area contributed by atoms with Gasteiger partial charge in [0.1, 0.15) is 5.76 Å². The maximum atomic E-state index is 5.82. The Morgan fingerprint density at radius 2 is 2.10 bits per heavy atom. The highest BCUT2D eigenvalue weighted by molar-refractivity contribution is 5.59. The summed E-state index contributed by atoms with van der Waals surface area (Å²) in [5.74, 6) is 1.60. The van der Waals surface area contributed by atoms with Gasteiger partial charge in [0.25, 0.3) is 0 Å². The molecule has 0 unspecified atom stereocenters. The van der Waals surface area contributed by atoms with Crippen molar-refractivity contribution in [1.82, 2.24) is 10.3 Å². The summed E-state index contributed by atoms with van der Waals surface area (Å²) in [6.45, 7) is 6.45. The molecule has 1 aromatic carbocycles. The molecule has 0 aliphatic rings.